The van der Waals surface area contributed by atoms with E-state index in [0.29, 0.717) is 62.0 Å². The van der Waals surface area contributed by atoms with Crippen LogP contribution in [0.4, 0.5) is 0 Å². The number of Topliss-reactive ketones (excluding diaryl/α,β-unsaturated/α-hetero) is 1. The lowest BCUT2D eigenvalue weighted by molar-refractivity contribution is -0.154. The summed E-state index contributed by atoms with van der Waals surface area (Å²) in [4.78, 5) is 27.0. The Hall–Kier alpha value is -2.58. The number of carbonyl (C=O) groups excluding carboxylic acids is 2. The summed E-state index contributed by atoms with van der Waals surface area (Å²) in [6.07, 6.45) is 1.29. The van der Waals surface area contributed by atoms with E-state index < -0.39 is 5.92 Å². The number of benzene rings is 1. The molecule has 3 aliphatic rings. The van der Waals surface area contributed by atoms with Gasteiger partial charge < -0.3 is 18.9 Å². The van der Waals surface area contributed by atoms with Gasteiger partial charge in [-0.25, -0.2) is 10.0 Å². The fraction of sp³-hybridized carbons (Fsp3) is 0.583. The number of morpholine rings is 1. The third-order valence-electron chi connectivity index (χ3n) is 6.50. The molecule has 0 saturated carbocycles. The van der Waals surface area contributed by atoms with Crippen molar-refractivity contribution < 1.29 is 28.5 Å². The SMILES string of the molecule is COc1cc(OC)c(C2CC(=O)N(N3CCOCC3)C3=C2C(=O)CC(C)(C)C3)cc1OC. The van der Waals surface area contributed by atoms with E-state index in [1.807, 2.05) is 11.1 Å². The Kier molecular flexibility index (Phi) is 6.18. The molecule has 32 heavy (non-hydrogen) atoms. The summed E-state index contributed by atoms with van der Waals surface area (Å²) in [5.74, 6) is 1.33. The van der Waals surface area contributed by atoms with Crippen LogP contribution in [0.1, 0.15) is 44.6 Å². The van der Waals surface area contributed by atoms with Crippen molar-refractivity contribution in [1.29, 1.82) is 0 Å². The molecule has 1 aliphatic carbocycles. The molecule has 2 aliphatic heterocycles. The highest BCUT2D eigenvalue weighted by Gasteiger charge is 2.46. The molecular formula is C24H32N2O6. The lowest BCUT2D eigenvalue weighted by atomic mass is 9.69. The predicted octanol–water partition coefficient (Wildman–Crippen LogP) is 2.92. The summed E-state index contributed by atoms with van der Waals surface area (Å²) < 4.78 is 22.1. The van der Waals surface area contributed by atoms with Crippen LogP contribution in [-0.4, -0.2) is 69.3 Å². The first-order valence-corrected chi connectivity index (χ1v) is 11.0. The second-order valence-electron chi connectivity index (χ2n) is 9.28. The minimum Gasteiger partial charge on any atom is -0.496 e. The zero-order chi connectivity index (χ0) is 23.0. The lowest BCUT2D eigenvalue weighted by Crippen LogP contribution is -2.55. The van der Waals surface area contributed by atoms with Crippen molar-refractivity contribution in [3.05, 3.63) is 29.0 Å². The summed E-state index contributed by atoms with van der Waals surface area (Å²) in [5.41, 5.74) is 2.07. The molecule has 1 saturated heterocycles. The maximum atomic E-state index is 13.5. The number of ether oxygens (including phenoxy) is 4. The molecule has 1 aromatic carbocycles. The van der Waals surface area contributed by atoms with Gasteiger partial charge in [-0.05, 0) is 17.9 Å². The molecular weight excluding hydrogens is 412 g/mol. The minimum absolute atomic E-state index is 0.0158. The highest BCUT2D eigenvalue weighted by molar-refractivity contribution is 6.02. The Labute approximate surface area is 189 Å². The molecule has 0 spiro atoms. The van der Waals surface area contributed by atoms with Crippen LogP contribution in [-0.2, 0) is 14.3 Å². The molecule has 2 heterocycles. The van der Waals surface area contributed by atoms with Gasteiger partial charge in [-0.3, -0.25) is 9.59 Å². The van der Waals surface area contributed by atoms with E-state index in [0.717, 1.165) is 11.3 Å². The number of amides is 1. The molecule has 0 bridgehead atoms. The molecule has 0 radical (unpaired) electrons. The van der Waals surface area contributed by atoms with Crippen molar-refractivity contribution in [3.8, 4) is 17.2 Å². The van der Waals surface area contributed by atoms with Crippen LogP contribution in [0.25, 0.3) is 0 Å². The predicted molar refractivity (Wildman–Crippen MR) is 118 cm³/mol. The number of hydrazine groups is 1. The highest BCUT2D eigenvalue weighted by Crippen LogP contribution is 2.50. The van der Waals surface area contributed by atoms with E-state index in [9.17, 15) is 9.59 Å². The van der Waals surface area contributed by atoms with Gasteiger partial charge in [-0.15, -0.1) is 0 Å². The Morgan fingerprint density at radius 3 is 2.19 bits per heavy atom. The summed E-state index contributed by atoms with van der Waals surface area (Å²) >= 11 is 0. The van der Waals surface area contributed by atoms with E-state index >= 15 is 0 Å². The first kappa shape index (κ1) is 22.6. The lowest BCUT2D eigenvalue weighted by Gasteiger charge is -2.47. The topological polar surface area (TPSA) is 77.5 Å². The first-order chi connectivity index (χ1) is 15.3. The van der Waals surface area contributed by atoms with Gasteiger partial charge in [0, 0.05) is 54.7 Å². The fourth-order valence-corrected chi connectivity index (χ4v) is 5.07. The van der Waals surface area contributed by atoms with Gasteiger partial charge in [-0.1, -0.05) is 13.8 Å². The van der Waals surface area contributed by atoms with E-state index in [-0.39, 0.29) is 23.5 Å². The maximum Gasteiger partial charge on any atom is 0.242 e. The van der Waals surface area contributed by atoms with Crippen LogP contribution in [0.15, 0.2) is 23.4 Å². The normalized spacial score (nSPS) is 23.8. The van der Waals surface area contributed by atoms with Crippen LogP contribution in [0.3, 0.4) is 0 Å². The fourth-order valence-electron chi connectivity index (χ4n) is 5.07. The van der Waals surface area contributed by atoms with Gasteiger partial charge in [0.2, 0.25) is 5.91 Å². The van der Waals surface area contributed by atoms with E-state index in [4.69, 9.17) is 18.9 Å². The Morgan fingerprint density at radius 2 is 1.56 bits per heavy atom. The van der Waals surface area contributed by atoms with Crippen molar-refractivity contribution in [2.45, 2.75) is 39.0 Å². The molecule has 8 nitrogen and oxygen atoms in total. The van der Waals surface area contributed by atoms with Crippen molar-refractivity contribution >= 4 is 11.7 Å². The average molecular weight is 445 g/mol. The van der Waals surface area contributed by atoms with E-state index in [1.165, 1.54) is 0 Å². The second-order valence-corrected chi connectivity index (χ2v) is 9.28. The number of nitrogens with zero attached hydrogens (tertiary/aromatic N) is 2. The summed E-state index contributed by atoms with van der Waals surface area (Å²) in [7, 11) is 4.71. The van der Waals surface area contributed by atoms with Crippen molar-refractivity contribution in [3.63, 3.8) is 0 Å². The summed E-state index contributed by atoms with van der Waals surface area (Å²) in [6, 6.07) is 3.59. The zero-order valence-corrected chi connectivity index (χ0v) is 19.5. The number of ketones is 1. The molecule has 1 fully saturated rings. The van der Waals surface area contributed by atoms with Crippen LogP contribution in [0, 0.1) is 5.41 Å². The Bertz CT molecular complexity index is 948. The van der Waals surface area contributed by atoms with Gasteiger partial charge in [0.1, 0.15) is 5.75 Å². The van der Waals surface area contributed by atoms with Crippen LogP contribution < -0.4 is 14.2 Å². The number of allylic oxidation sites excluding steroid dienone is 2. The molecule has 8 heteroatoms. The minimum atomic E-state index is -0.395. The molecule has 0 aromatic heterocycles. The van der Waals surface area contributed by atoms with Crippen LogP contribution in [0.2, 0.25) is 0 Å². The van der Waals surface area contributed by atoms with Crippen LogP contribution in [0.5, 0.6) is 17.2 Å². The third-order valence-corrected chi connectivity index (χ3v) is 6.50. The molecule has 174 valence electrons. The largest absolute Gasteiger partial charge is 0.496 e. The number of methoxy groups -OCH3 is 3. The molecule has 4 rings (SSSR count). The Morgan fingerprint density at radius 1 is 0.938 bits per heavy atom. The van der Waals surface area contributed by atoms with E-state index in [2.05, 4.69) is 13.8 Å². The molecule has 1 amide bonds. The number of rotatable bonds is 5. The first-order valence-electron chi connectivity index (χ1n) is 11.0. The number of hydrogen-bond acceptors (Lipinski definition) is 7. The standard InChI is InChI=1S/C24H32N2O6/c1-24(2)13-17-23(18(27)14-24)16(11-22(28)26(17)25-6-8-32-9-7-25)15-10-20(30-4)21(31-5)12-19(15)29-3/h10,12,16H,6-9,11,13-14H2,1-5H3. The monoisotopic (exact) mass is 444 g/mol. The zero-order valence-electron chi connectivity index (χ0n) is 19.5. The Balaban J connectivity index is 1.87. The molecule has 1 aromatic rings. The highest BCUT2D eigenvalue weighted by atomic mass is 16.5. The molecule has 0 N–H and O–H groups in total. The molecule has 1 atom stereocenters. The average Bonchev–Trinajstić information content (AvgIpc) is 2.77. The quantitative estimate of drug-likeness (QED) is 0.691. The van der Waals surface area contributed by atoms with Crippen molar-refractivity contribution in [2.75, 3.05) is 47.6 Å². The second kappa shape index (κ2) is 8.75. The van der Waals surface area contributed by atoms with Crippen molar-refractivity contribution in [1.82, 2.24) is 10.0 Å². The van der Waals surface area contributed by atoms with Gasteiger partial charge in [0.05, 0.1) is 34.5 Å². The number of carbonyl (C=O) groups is 2. The van der Waals surface area contributed by atoms with Crippen molar-refractivity contribution in [2.24, 2.45) is 5.41 Å². The van der Waals surface area contributed by atoms with E-state index in [1.54, 1.807) is 32.4 Å². The molecule has 1 unspecified atom stereocenters. The van der Waals surface area contributed by atoms with Gasteiger partial charge in [-0.2, -0.15) is 0 Å². The van der Waals surface area contributed by atoms with Gasteiger partial charge in [0.25, 0.3) is 0 Å². The maximum absolute atomic E-state index is 13.5. The summed E-state index contributed by atoms with van der Waals surface area (Å²) in [6.45, 7) is 6.55. The third kappa shape index (κ3) is 3.97. The smallest absolute Gasteiger partial charge is 0.242 e. The van der Waals surface area contributed by atoms with Gasteiger partial charge >= 0.3 is 0 Å². The summed E-state index contributed by atoms with van der Waals surface area (Å²) in [5, 5.41) is 3.79. The van der Waals surface area contributed by atoms with Crippen LogP contribution >= 0.6 is 0 Å². The van der Waals surface area contributed by atoms with Gasteiger partial charge in [0.15, 0.2) is 17.3 Å². The number of hydrogen-bond donors (Lipinski definition) is 0.